The molecular weight excluding hydrogens is 247 g/mol. The minimum atomic E-state index is -0.156. The molecule has 0 amide bonds. The van der Waals surface area contributed by atoms with Gasteiger partial charge in [0.2, 0.25) is 0 Å². The Hall–Kier alpha value is 0.799. The zero-order chi connectivity index (χ0) is 4.83. The topological polar surface area (TPSA) is 0 Å². The summed E-state index contributed by atoms with van der Waals surface area (Å²) < 4.78 is 1.20. The molecular formula is C4H5BrSn+2. The van der Waals surface area contributed by atoms with E-state index in [-0.39, 0.29) is 18.9 Å². The van der Waals surface area contributed by atoms with Crippen molar-refractivity contribution < 1.29 is 0 Å². The van der Waals surface area contributed by atoms with Crippen molar-refractivity contribution in [2.45, 2.75) is 4.44 Å². The summed E-state index contributed by atoms with van der Waals surface area (Å²) in [5, 5.41) is 0. The predicted molar refractivity (Wildman–Crippen MR) is 33.2 cm³/mol. The molecule has 0 aliphatic carbocycles. The zero-order valence-electron chi connectivity index (χ0n) is 3.37. The summed E-state index contributed by atoms with van der Waals surface area (Å²) in [7, 11) is 0. The summed E-state index contributed by atoms with van der Waals surface area (Å²) in [5.41, 5.74) is 2.71. The second-order valence-electron chi connectivity index (χ2n) is 0.746. The van der Waals surface area contributed by atoms with Gasteiger partial charge in [0.25, 0.3) is 0 Å². The molecule has 0 fully saturated rings. The third kappa shape index (κ3) is 4.80. The van der Waals surface area contributed by atoms with E-state index in [9.17, 15) is 0 Å². The second kappa shape index (κ2) is 5.80. The number of rotatable bonds is 2. The molecule has 0 rings (SSSR count). The van der Waals surface area contributed by atoms with Crippen LogP contribution in [0.15, 0.2) is 18.4 Å². The van der Waals surface area contributed by atoms with Crippen molar-refractivity contribution in [3.63, 3.8) is 0 Å². The van der Waals surface area contributed by atoms with Gasteiger partial charge in [0.05, 0.1) is 0 Å². The SMILES string of the molecule is C=C=C[CH2][Sn+2][Br]. The maximum atomic E-state index is 3.42. The van der Waals surface area contributed by atoms with E-state index < -0.39 is 0 Å². The Bertz CT molecular complexity index is 63.9. The quantitative estimate of drug-likeness (QED) is 0.518. The average Bonchev–Trinajstić information content (AvgIpc) is 1.61. The molecule has 30 valence electrons. The summed E-state index contributed by atoms with van der Waals surface area (Å²) in [5.74, 6) is 0. The molecule has 0 saturated heterocycles. The van der Waals surface area contributed by atoms with Crippen LogP contribution >= 0.6 is 12.7 Å². The Balaban J connectivity index is 2.86. The van der Waals surface area contributed by atoms with Gasteiger partial charge in [0.15, 0.2) is 0 Å². The van der Waals surface area contributed by atoms with Crippen LogP contribution < -0.4 is 0 Å². The van der Waals surface area contributed by atoms with E-state index in [1.165, 1.54) is 4.44 Å². The number of hydrogen-bond donors (Lipinski definition) is 0. The molecule has 0 saturated carbocycles. The molecule has 0 aliphatic heterocycles. The monoisotopic (exact) mass is 252 g/mol. The van der Waals surface area contributed by atoms with Crippen LogP contribution in [0.5, 0.6) is 0 Å². The van der Waals surface area contributed by atoms with Crippen LogP contribution in [0.25, 0.3) is 0 Å². The van der Waals surface area contributed by atoms with Crippen molar-refractivity contribution in [1.29, 1.82) is 0 Å². The van der Waals surface area contributed by atoms with Crippen molar-refractivity contribution in [3.05, 3.63) is 18.4 Å². The molecule has 0 nitrogen and oxygen atoms in total. The van der Waals surface area contributed by atoms with Crippen LogP contribution in [0.3, 0.4) is 0 Å². The van der Waals surface area contributed by atoms with Gasteiger partial charge in [-0.25, -0.2) is 0 Å². The third-order valence-electron chi connectivity index (χ3n) is 0.324. The van der Waals surface area contributed by atoms with Crippen LogP contribution in [-0.4, -0.2) is 18.9 Å². The first-order valence-electron chi connectivity index (χ1n) is 1.59. The third-order valence-corrected chi connectivity index (χ3v) is 3.52. The molecule has 0 aromatic heterocycles. The summed E-state index contributed by atoms with van der Waals surface area (Å²) >= 11 is 3.27. The Morgan fingerprint density at radius 3 is 2.83 bits per heavy atom. The van der Waals surface area contributed by atoms with E-state index in [1.807, 2.05) is 6.08 Å². The van der Waals surface area contributed by atoms with Gasteiger partial charge in [0.1, 0.15) is 0 Å². The standard InChI is InChI=1S/C4H5.BrH.Sn/c1-3-4-2;;/h3H,1-2H2;1H;/q;;+3/p-1. The van der Waals surface area contributed by atoms with Crippen molar-refractivity contribution in [1.82, 2.24) is 0 Å². The molecule has 0 heterocycles. The Morgan fingerprint density at radius 1 is 2.00 bits per heavy atom. The molecule has 0 atom stereocenters. The van der Waals surface area contributed by atoms with Gasteiger partial charge in [0, 0.05) is 0 Å². The van der Waals surface area contributed by atoms with Gasteiger partial charge >= 0.3 is 54.4 Å². The number of allylic oxidation sites excluding steroid dienone is 1. The van der Waals surface area contributed by atoms with Crippen molar-refractivity contribution in [2.75, 3.05) is 0 Å². The van der Waals surface area contributed by atoms with E-state index in [4.69, 9.17) is 0 Å². The first-order chi connectivity index (χ1) is 2.91. The average molecular weight is 252 g/mol. The first-order valence-corrected chi connectivity index (χ1v) is 10.0. The summed E-state index contributed by atoms with van der Waals surface area (Å²) in [6, 6.07) is 0. The molecule has 0 aromatic rings. The van der Waals surface area contributed by atoms with Crippen molar-refractivity contribution in [2.24, 2.45) is 0 Å². The van der Waals surface area contributed by atoms with E-state index in [0.717, 1.165) is 0 Å². The molecule has 0 radical (unpaired) electrons. The van der Waals surface area contributed by atoms with Crippen LogP contribution in [0.1, 0.15) is 0 Å². The molecule has 0 spiro atoms. The Labute approximate surface area is 54.3 Å². The van der Waals surface area contributed by atoms with E-state index in [2.05, 4.69) is 25.0 Å². The van der Waals surface area contributed by atoms with Crippen LogP contribution in [-0.2, 0) is 0 Å². The maximum absolute atomic E-state index is 3.42. The molecule has 2 heteroatoms. The van der Waals surface area contributed by atoms with Gasteiger partial charge in [-0.05, 0) is 0 Å². The van der Waals surface area contributed by atoms with Gasteiger partial charge in [-0.2, -0.15) is 0 Å². The summed E-state index contributed by atoms with van der Waals surface area (Å²) in [6.07, 6.45) is 1.97. The normalized spacial score (nSPS) is 5.50. The first kappa shape index (κ1) is 6.80. The molecule has 0 bridgehead atoms. The van der Waals surface area contributed by atoms with Gasteiger partial charge in [-0.15, -0.1) is 0 Å². The fourth-order valence-electron chi connectivity index (χ4n) is 0.111. The molecule has 0 aliphatic rings. The van der Waals surface area contributed by atoms with Gasteiger partial charge in [-0.1, -0.05) is 0 Å². The predicted octanol–water partition coefficient (Wildman–Crippen LogP) is 1.76. The fraction of sp³-hybridized carbons (Fsp3) is 0.250. The summed E-state index contributed by atoms with van der Waals surface area (Å²) in [6.45, 7) is 3.42. The van der Waals surface area contributed by atoms with Gasteiger partial charge in [-0.3, -0.25) is 0 Å². The fourth-order valence-corrected chi connectivity index (χ4v) is 1.83. The van der Waals surface area contributed by atoms with Gasteiger partial charge < -0.3 is 0 Å². The second-order valence-corrected chi connectivity index (χ2v) is 6.44. The molecule has 0 aromatic carbocycles. The van der Waals surface area contributed by atoms with Crippen LogP contribution in [0.4, 0.5) is 0 Å². The van der Waals surface area contributed by atoms with E-state index in [0.29, 0.717) is 0 Å². The van der Waals surface area contributed by atoms with Crippen molar-refractivity contribution in [3.8, 4) is 0 Å². The molecule has 0 unspecified atom stereocenters. The van der Waals surface area contributed by atoms with Crippen LogP contribution in [0.2, 0.25) is 4.44 Å². The zero-order valence-corrected chi connectivity index (χ0v) is 7.81. The van der Waals surface area contributed by atoms with E-state index in [1.54, 1.807) is 0 Å². The van der Waals surface area contributed by atoms with Crippen LogP contribution in [0, 0.1) is 0 Å². The van der Waals surface area contributed by atoms with E-state index >= 15 is 0 Å². The molecule has 0 N–H and O–H groups in total. The Morgan fingerprint density at radius 2 is 2.67 bits per heavy atom. The number of halogens is 1. The van der Waals surface area contributed by atoms with Crippen molar-refractivity contribution >= 4 is 31.6 Å². The minimum absolute atomic E-state index is 0.156. The number of hydrogen-bond acceptors (Lipinski definition) is 0. The molecule has 6 heavy (non-hydrogen) atoms. The summed E-state index contributed by atoms with van der Waals surface area (Å²) in [4.78, 5) is 0. The Kier molecular flexibility index (Phi) is 6.57.